The summed E-state index contributed by atoms with van der Waals surface area (Å²) in [5.41, 5.74) is 5.56. The van der Waals surface area contributed by atoms with Crippen molar-refractivity contribution in [1.82, 2.24) is 19.1 Å². The smallest absolute Gasteiger partial charge is 0.330 e. The molecule has 2 rings (SSSR count). The van der Waals surface area contributed by atoms with Crippen LogP contribution in [-0.4, -0.2) is 25.6 Å². The number of imidazole rings is 1. The van der Waals surface area contributed by atoms with Gasteiger partial charge in [0.15, 0.2) is 11.2 Å². The molecule has 0 aromatic carbocycles. The number of H-pyrrole nitrogens is 1. The minimum Gasteiger partial charge on any atom is -0.330 e. The zero-order valence-corrected chi connectivity index (χ0v) is 11.2. The normalized spacial score (nSPS) is 13.0. The van der Waals surface area contributed by atoms with Crippen LogP contribution in [0.5, 0.6) is 0 Å². The van der Waals surface area contributed by atoms with Gasteiger partial charge in [-0.05, 0) is 26.3 Å². The molecule has 3 N–H and O–H groups in total. The third kappa shape index (κ3) is 2.33. The third-order valence-corrected chi connectivity index (χ3v) is 3.34. The highest BCUT2D eigenvalue weighted by molar-refractivity contribution is 5.70. The van der Waals surface area contributed by atoms with E-state index in [-0.39, 0.29) is 6.04 Å². The minimum absolute atomic E-state index is 0.00953. The van der Waals surface area contributed by atoms with Gasteiger partial charge in [0.2, 0.25) is 0 Å². The Kier molecular flexibility index (Phi) is 3.84. The number of hydrogen-bond donors (Lipinski definition) is 2. The summed E-state index contributed by atoms with van der Waals surface area (Å²) in [7, 11) is 0. The fourth-order valence-electron chi connectivity index (χ4n) is 2.12. The van der Waals surface area contributed by atoms with E-state index in [2.05, 4.69) is 9.97 Å². The van der Waals surface area contributed by atoms with Crippen molar-refractivity contribution >= 4 is 11.2 Å². The van der Waals surface area contributed by atoms with Crippen molar-refractivity contribution in [1.29, 1.82) is 0 Å². The van der Waals surface area contributed by atoms with Gasteiger partial charge in [0, 0.05) is 12.6 Å². The van der Waals surface area contributed by atoms with Gasteiger partial charge in [0.05, 0.1) is 6.33 Å². The van der Waals surface area contributed by atoms with E-state index < -0.39 is 11.2 Å². The van der Waals surface area contributed by atoms with E-state index in [0.717, 1.165) is 12.8 Å². The van der Waals surface area contributed by atoms with Crippen LogP contribution in [0.2, 0.25) is 0 Å². The second-order valence-corrected chi connectivity index (χ2v) is 4.64. The van der Waals surface area contributed by atoms with E-state index in [4.69, 9.17) is 5.73 Å². The molecular formula is C12H19N5O2. The number of rotatable bonds is 5. The molecule has 7 nitrogen and oxygen atoms in total. The first kappa shape index (κ1) is 13.5. The average molecular weight is 265 g/mol. The van der Waals surface area contributed by atoms with E-state index in [1.165, 1.54) is 4.57 Å². The van der Waals surface area contributed by atoms with Crippen molar-refractivity contribution in [2.24, 2.45) is 5.73 Å². The highest BCUT2D eigenvalue weighted by Crippen LogP contribution is 2.13. The largest absolute Gasteiger partial charge is 0.330 e. The highest BCUT2D eigenvalue weighted by atomic mass is 16.2. The standard InChI is InChI=1S/C12H19N5O2/c1-3-8(2)17-10-9(11(18)15-12(17)19)16(7-14-10)6-4-5-13/h7-8H,3-6,13H2,1-2H3,(H,15,18,19). The van der Waals surface area contributed by atoms with Crippen LogP contribution in [-0.2, 0) is 6.54 Å². The lowest BCUT2D eigenvalue weighted by Gasteiger charge is -2.12. The average Bonchev–Trinajstić information content (AvgIpc) is 2.80. The van der Waals surface area contributed by atoms with Gasteiger partial charge in [0.25, 0.3) is 5.56 Å². The van der Waals surface area contributed by atoms with Gasteiger partial charge >= 0.3 is 5.69 Å². The molecular weight excluding hydrogens is 246 g/mol. The Balaban J connectivity index is 2.68. The summed E-state index contributed by atoms with van der Waals surface area (Å²) in [6.45, 7) is 5.08. The maximum absolute atomic E-state index is 11.9. The van der Waals surface area contributed by atoms with Gasteiger partial charge < -0.3 is 10.3 Å². The first-order valence-corrected chi connectivity index (χ1v) is 6.49. The Labute approximate surface area is 110 Å². The van der Waals surface area contributed by atoms with E-state index in [0.29, 0.717) is 24.3 Å². The molecule has 0 radical (unpaired) electrons. The van der Waals surface area contributed by atoms with Crippen molar-refractivity contribution in [3.8, 4) is 0 Å². The topological polar surface area (TPSA) is 98.7 Å². The third-order valence-electron chi connectivity index (χ3n) is 3.34. The summed E-state index contributed by atoms with van der Waals surface area (Å²) in [4.78, 5) is 30.4. The number of nitrogens with zero attached hydrogens (tertiary/aromatic N) is 3. The van der Waals surface area contributed by atoms with Crippen molar-refractivity contribution in [3.05, 3.63) is 27.2 Å². The predicted octanol–water partition coefficient (Wildman–Crippen LogP) is 0.206. The fraction of sp³-hybridized carbons (Fsp3) is 0.583. The molecule has 19 heavy (non-hydrogen) atoms. The molecule has 0 saturated heterocycles. The lowest BCUT2D eigenvalue weighted by Crippen LogP contribution is -2.32. The van der Waals surface area contributed by atoms with Gasteiger partial charge in [-0.3, -0.25) is 14.3 Å². The van der Waals surface area contributed by atoms with Gasteiger partial charge in [-0.25, -0.2) is 9.78 Å². The Morgan fingerprint density at radius 3 is 2.84 bits per heavy atom. The number of aromatic amines is 1. The number of fused-ring (bicyclic) bond motifs is 1. The molecule has 104 valence electrons. The monoisotopic (exact) mass is 265 g/mol. The fourth-order valence-corrected chi connectivity index (χ4v) is 2.12. The van der Waals surface area contributed by atoms with Crippen molar-refractivity contribution in [2.45, 2.75) is 39.3 Å². The Hall–Kier alpha value is -1.89. The van der Waals surface area contributed by atoms with E-state index in [9.17, 15) is 9.59 Å². The molecule has 7 heteroatoms. The molecule has 1 atom stereocenters. The minimum atomic E-state index is -0.407. The Morgan fingerprint density at radius 1 is 1.47 bits per heavy atom. The van der Waals surface area contributed by atoms with Crippen LogP contribution >= 0.6 is 0 Å². The molecule has 2 aromatic heterocycles. The number of aromatic nitrogens is 4. The molecule has 0 spiro atoms. The molecule has 0 amide bonds. The van der Waals surface area contributed by atoms with Crippen LogP contribution in [0.15, 0.2) is 15.9 Å². The summed E-state index contributed by atoms with van der Waals surface area (Å²) in [5, 5.41) is 0. The van der Waals surface area contributed by atoms with E-state index in [1.54, 1.807) is 10.9 Å². The summed E-state index contributed by atoms with van der Waals surface area (Å²) in [5.74, 6) is 0. The Morgan fingerprint density at radius 2 is 2.21 bits per heavy atom. The first-order valence-electron chi connectivity index (χ1n) is 6.49. The van der Waals surface area contributed by atoms with Gasteiger partial charge in [-0.15, -0.1) is 0 Å². The molecule has 1 unspecified atom stereocenters. The zero-order valence-electron chi connectivity index (χ0n) is 11.2. The molecule has 2 heterocycles. The number of hydrogen-bond acceptors (Lipinski definition) is 4. The second-order valence-electron chi connectivity index (χ2n) is 4.64. The van der Waals surface area contributed by atoms with Crippen LogP contribution < -0.4 is 17.0 Å². The van der Waals surface area contributed by atoms with E-state index in [1.807, 2.05) is 13.8 Å². The van der Waals surface area contributed by atoms with E-state index >= 15 is 0 Å². The van der Waals surface area contributed by atoms with Crippen molar-refractivity contribution < 1.29 is 0 Å². The number of aryl methyl sites for hydroxylation is 1. The molecule has 0 fully saturated rings. The van der Waals surface area contributed by atoms with Crippen LogP contribution in [0.4, 0.5) is 0 Å². The summed E-state index contributed by atoms with van der Waals surface area (Å²) in [6.07, 6.45) is 3.14. The lowest BCUT2D eigenvalue weighted by molar-refractivity contribution is 0.517. The van der Waals surface area contributed by atoms with Gasteiger partial charge in [-0.2, -0.15) is 0 Å². The highest BCUT2D eigenvalue weighted by Gasteiger charge is 2.16. The lowest BCUT2D eigenvalue weighted by atomic mass is 10.2. The van der Waals surface area contributed by atoms with Gasteiger partial charge in [-0.1, -0.05) is 6.92 Å². The quantitative estimate of drug-likeness (QED) is 0.807. The SMILES string of the molecule is CCC(C)n1c(=O)[nH]c(=O)c2c1ncn2CCCN. The Bertz CT molecular complexity index is 681. The van der Waals surface area contributed by atoms with Crippen molar-refractivity contribution in [3.63, 3.8) is 0 Å². The van der Waals surface area contributed by atoms with Crippen molar-refractivity contribution in [2.75, 3.05) is 6.54 Å². The summed E-state index contributed by atoms with van der Waals surface area (Å²) in [6, 6.07) is -0.00953. The van der Waals surface area contributed by atoms with Crippen LogP contribution in [0.3, 0.4) is 0 Å². The predicted molar refractivity (Wildman–Crippen MR) is 73.3 cm³/mol. The zero-order chi connectivity index (χ0) is 14.0. The van der Waals surface area contributed by atoms with Gasteiger partial charge in [0.1, 0.15) is 0 Å². The molecule has 0 aliphatic heterocycles. The molecule has 0 bridgehead atoms. The molecule has 0 saturated carbocycles. The summed E-state index contributed by atoms with van der Waals surface area (Å²) < 4.78 is 3.29. The van der Waals surface area contributed by atoms with Crippen LogP contribution in [0, 0.1) is 0 Å². The van der Waals surface area contributed by atoms with Crippen LogP contribution in [0.1, 0.15) is 32.7 Å². The summed E-state index contributed by atoms with van der Waals surface area (Å²) >= 11 is 0. The number of nitrogens with two attached hydrogens (primary N) is 1. The second kappa shape index (κ2) is 5.40. The molecule has 0 aliphatic carbocycles. The first-order chi connectivity index (χ1) is 9.10. The molecule has 0 aliphatic rings. The maximum atomic E-state index is 11.9. The number of nitrogens with one attached hydrogen (secondary N) is 1. The molecule has 2 aromatic rings. The maximum Gasteiger partial charge on any atom is 0.330 e. The van der Waals surface area contributed by atoms with Crippen LogP contribution in [0.25, 0.3) is 11.2 Å².